The first-order valence-electron chi connectivity index (χ1n) is 29.9. The van der Waals surface area contributed by atoms with Gasteiger partial charge in [-0.25, -0.2) is 4.98 Å². The van der Waals surface area contributed by atoms with E-state index in [1.165, 1.54) is 12.1 Å². The van der Waals surface area contributed by atoms with Crippen LogP contribution in [0.2, 0.25) is 0 Å². The lowest BCUT2D eigenvalue weighted by atomic mass is 9.78. The summed E-state index contributed by atoms with van der Waals surface area (Å²) in [6, 6.07) is 39.5. The van der Waals surface area contributed by atoms with Crippen LogP contribution in [0.1, 0.15) is 125 Å². The Hall–Kier alpha value is -7.24. The Kier molecular flexibility index (Phi) is 8.10. The molecule has 0 saturated carbocycles. The molecule has 350 valence electrons. The Morgan fingerprint density at radius 3 is 2.07 bits per heavy atom. The molecule has 70 heavy (non-hydrogen) atoms. The summed E-state index contributed by atoms with van der Waals surface area (Å²) in [6.07, 6.45) is -8.50. The Labute approximate surface area is 430 Å². The van der Waals surface area contributed by atoms with Crippen molar-refractivity contribution in [3.63, 3.8) is 0 Å². The van der Waals surface area contributed by atoms with Gasteiger partial charge in [0.25, 0.3) is 6.33 Å². The van der Waals surface area contributed by atoms with Crippen LogP contribution >= 0.6 is 0 Å². The van der Waals surface area contributed by atoms with E-state index in [9.17, 15) is 0 Å². The van der Waals surface area contributed by atoms with E-state index >= 15 is 0 Å². The highest BCUT2D eigenvalue weighted by Gasteiger charge is 2.28. The molecular formula is C65H65N4O+. The molecule has 10 aromatic rings. The molecule has 0 fully saturated rings. The SMILES string of the molecule is [2H]c1c([2H])c([2H])c2c(c1[2H])c1ccc(Oc3cc(-n4c[n+](-c5c(-c6cc(C(C)(C)C)cc(C(C)(C)C)c6)cccc5-c5ccc6c(c5)C([2H])([2H])C([2H])([2H])C([2H])([2H])C6([2H])[2H])c5ccccc54)ccc3C)cc1n2-c1cc(C(C)(C)C)ccn1. The van der Waals surface area contributed by atoms with Crippen molar-refractivity contribution in [2.24, 2.45) is 0 Å². The van der Waals surface area contributed by atoms with Crippen LogP contribution in [0.15, 0.2) is 164 Å². The van der Waals surface area contributed by atoms with Gasteiger partial charge in [0.15, 0.2) is 11.0 Å². The van der Waals surface area contributed by atoms with Crippen LogP contribution in [-0.4, -0.2) is 14.1 Å². The van der Waals surface area contributed by atoms with Crippen LogP contribution in [0.3, 0.4) is 0 Å². The Bertz CT molecular complexity index is 4250. The highest BCUT2D eigenvalue weighted by molar-refractivity contribution is 6.09. The predicted octanol–water partition coefficient (Wildman–Crippen LogP) is 16.6. The number of aryl methyl sites for hydroxylation is 3. The quantitative estimate of drug-likeness (QED) is 0.149. The van der Waals surface area contributed by atoms with E-state index in [1.807, 2.05) is 92.1 Å². The number of nitrogens with zero attached hydrogens (tertiary/aromatic N) is 4. The third-order valence-corrected chi connectivity index (χ3v) is 13.6. The van der Waals surface area contributed by atoms with Crippen LogP contribution in [0.5, 0.6) is 11.5 Å². The molecule has 1 aliphatic carbocycles. The molecule has 1 aliphatic rings. The summed E-state index contributed by atoms with van der Waals surface area (Å²) in [4.78, 5) is 4.76. The van der Waals surface area contributed by atoms with Crippen molar-refractivity contribution < 1.29 is 25.8 Å². The van der Waals surface area contributed by atoms with E-state index in [-0.39, 0.29) is 51.5 Å². The van der Waals surface area contributed by atoms with Crippen molar-refractivity contribution in [1.29, 1.82) is 0 Å². The zero-order valence-electron chi connectivity index (χ0n) is 53.5. The lowest BCUT2D eigenvalue weighted by Crippen LogP contribution is -2.31. The molecule has 0 saturated heterocycles. The molecule has 5 nitrogen and oxygen atoms in total. The van der Waals surface area contributed by atoms with Crippen molar-refractivity contribution in [3.8, 4) is 50.9 Å². The molecule has 0 aliphatic heterocycles. The molecule has 0 unspecified atom stereocenters. The van der Waals surface area contributed by atoms with Crippen LogP contribution in [0, 0.1) is 6.92 Å². The van der Waals surface area contributed by atoms with Crippen molar-refractivity contribution >= 4 is 32.8 Å². The zero-order chi connectivity index (χ0) is 59.3. The van der Waals surface area contributed by atoms with Gasteiger partial charge in [0.2, 0.25) is 0 Å². The molecule has 0 amide bonds. The van der Waals surface area contributed by atoms with Crippen LogP contribution in [-0.2, 0) is 29.0 Å². The second-order valence-corrected chi connectivity index (χ2v) is 21.5. The topological polar surface area (TPSA) is 35.9 Å². The van der Waals surface area contributed by atoms with Gasteiger partial charge >= 0.3 is 0 Å². The maximum Gasteiger partial charge on any atom is 0.255 e. The van der Waals surface area contributed by atoms with Gasteiger partial charge in [0.1, 0.15) is 28.7 Å². The van der Waals surface area contributed by atoms with Gasteiger partial charge in [-0.15, -0.1) is 0 Å². The Morgan fingerprint density at radius 2 is 1.31 bits per heavy atom. The van der Waals surface area contributed by atoms with Gasteiger partial charge in [-0.3, -0.25) is 4.57 Å². The second-order valence-electron chi connectivity index (χ2n) is 21.5. The van der Waals surface area contributed by atoms with Gasteiger partial charge in [-0.1, -0.05) is 153 Å². The molecule has 0 N–H and O–H groups in total. The number of fused-ring (bicyclic) bond motifs is 5. The fourth-order valence-electron chi connectivity index (χ4n) is 9.52. The minimum Gasteiger partial charge on any atom is -0.457 e. The summed E-state index contributed by atoms with van der Waals surface area (Å²) in [6.45, 7) is 21.4. The summed E-state index contributed by atoms with van der Waals surface area (Å²) < 4.78 is 119. The zero-order valence-corrected chi connectivity index (χ0v) is 41.5. The highest BCUT2D eigenvalue weighted by Crippen LogP contribution is 2.41. The number of ether oxygens (including phenoxy) is 1. The maximum atomic E-state index is 9.17. The first-order valence-corrected chi connectivity index (χ1v) is 23.9. The Balaban J connectivity index is 1.11. The summed E-state index contributed by atoms with van der Waals surface area (Å²) >= 11 is 0. The fraction of sp³-hybridized carbons (Fsp3) is 0.262. The number of pyridine rings is 1. The molecule has 3 aromatic heterocycles. The van der Waals surface area contributed by atoms with E-state index in [2.05, 4.69) is 95.7 Å². The predicted molar refractivity (Wildman–Crippen MR) is 292 cm³/mol. The summed E-state index contributed by atoms with van der Waals surface area (Å²) in [7, 11) is 0. The lowest BCUT2D eigenvalue weighted by Gasteiger charge is -2.26. The van der Waals surface area contributed by atoms with Crippen molar-refractivity contribution in [2.75, 3.05) is 0 Å². The molecule has 7 aromatic carbocycles. The van der Waals surface area contributed by atoms with E-state index in [4.69, 9.17) is 26.2 Å². The van der Waals surface area contributed by atoms with Crippen LogP contribution in [0.4, 0.5) is 0 Å². The number of para-hydroxylation sites is 4. The lowest BCUT2D eigenvalue weighted by molar-refractivity contribution is -0.566. The first-order chi connectivity index (χ1) is 38.2. The molecule has 0 spiro atoms. The number of hydrogen-bond donors (Lipinski definition) is 0. The minimum absolute atomic E-state index is 0.146. The molecule has 0 atom stereocenters. The van der Waals surface area contributed by atoms with Gasteiger partial charge in [-0.2, -0.15) is 9.13 Å². The van der Waals surface area contributed by atoms with Crippen molar-refractivity contribution in [3.05, 3.63) is 197 Å². The maximum absolute atomic E-state index is 9.17. The average Bonchev–Trinajstić information content (AvgIpc) is 0.967. The van der Waals surface area contributed by atoms with Crippen molar-refractivity contribution in [2.45, 2.75) is 111 Å². The fourth-order valence-corrected chi connectivity index (χ4v) is 9.52. The normalized spacial score (nSPS) is 18.7. The Morgan fingerprint density at radius 1 is 0.600 bits per heavy atom. The van der Waals surface area contributed by atoms with Gasteiger partial charge in [-0.05, 0) is 142 Å². The van der Waals surface area contributed by atoms with Gasteiger partial charge in [0, 0.05) is 51.2 Å². The number of benzene rings is 7. The second kappa shape index (κ2) is 17.0. The number of aromatic nitrogens is 4. The first kappa shape index (κ1) is 33.3. The van der Waals surface area contributed by atoms with E-state index < -0.39 is 25.5 Å². The smallest absolute Gasteiger partial charge is 0.255 e. The largest absolute Gasteiger partial charge is 0.457 e. The average molecular weight is 930 g/mol. The van der Waals surface area contributed by atoms with Gasteiger partial charge < -0.3 is 4.74 Å². The minimum atomic E-state index is -3.24. The molecular weight excluding hydrogens is 853 g/mol. The molecule has 3 heterocycles. The number of imidazole rings is 1. The third-order valence-electron chi connectivity index (χ3n) is 13.6. The molecule has 5 heteroatoms. The summed E-state index contributed by atoms with van der Waals surface area (Å²) in [5, 5.41) is 0.995. The summed E-state index contributed by atoms with van der Waals surface area (Å²) in [5.74, 6) is 1.51. The third kappa shape index (κ3) is 8.19. The van der Waals surface area contributed by atoms with Gasteiger partial charge in [0.05, 0.1) is 16.5 Å². The van der Waals surface area contributed by atoms with Crippen LogP contribution < -0.4 is 9.30 Å². The van der Waals surface area contributed by atoms with Crippen LogP contribution in [0.25, 0.3) is 72.3 Å². The van der Waals surface area contributed by atoms with E-state index in [0.717, 1.165) is 55.8 Å². The van der Waals surface area contributed by atoms with E-state index in [0.29, 0.717) is 50.2 Å². The van der Waals surface area contributed by atoms with Crippen molar-refractivity contribution in [1.82, 2.24) is 14.1 Å². The number of hydrogen-bond acceptors (Lipinski definition) is 2. The molecule has 0 bridgehead atoms. The molecule has 0 radical (unpaired) electrons. The monoisotopic (exact) mass is 930 g/mol. The number of rotatable bonds is 7. The van der Waals surface area contributed by atoms with E-state index in [1.54, 1.807) is 22.9 Å². The standard InChI is InChI=1S/C65H65N4O/c1-42-26-29-50(39-60(42)70-51-30-31-55-54-20-13-14-23-56(54)69(59(55)40-51)61-38-47(32-33-66-61)63(2,3)4)67-41-68(58-25-16-15-24-57(58)67)62-52(45-28-27-43-18-11-12-19-44(43)34-45)21-17-22-53(62)46-35-48(64(5,6)7)37-49(36-46)65(8,9)10/h13-17,20-41H,11-12,18-19H2,1-10H3/q+1/i11D2,12D2,13D,14D,18D2,19D2,20D,23D. The molecule has 11 rings (SSSR count). The highest BCUT2D eigenvalue weighted by atomic mass is 16.5. The summed E-state index contributed by atoms with van der Waals surface area (Å²) in [5.41, 5.74) is 9.83.